The minimum Gasteiger partial charge on any atom is -0.309 e. The van der Waals surface area contributed by atoms with Gasteiger partial charge in [0.2, 0.25) is 0 Å². The van der Waals surface area contributed by atoms with E-state index in [2.05, 4.69) is 240 Å². The molecule has 1 aromatic heterocycles. The maximum absolute atomic E-state index is 2.52. The molecule has 0 atom stereocenters. The smallest absolute Gasteiger partial charge is 0.0562 e. The van der Waals surface area contributed by atoms with Crippen molar-refractivity contribution >= 4 is 60.4 Å². The van der Waals surface area contributed by atoms with Crippen LogP contribution in [0.3, 0.4) is 0 Å². The van der Waals surface area contributed by atoms with Crippen molar-refractivity contribution in [3.63, 3.8) is 0 Å². The molecule has 0 radical (unpaired) electrons. The van der Waals surface area contributed by atoms with Gasteiger partial charge in [0.05, 0.1) is 28.1 Å². The van der Waals surface area contributed by atoms with Gasteiger partial charge in [-0.25, -0.2) is 0 Å². The Bertz CT molecular complexity index is 3280. The van der Waals surface area contributed by atoms with Gasteiger partial charge in [-0.3, -0.25) is 0 Å². The predicted octanol–water partition coefficient (Wildman–Crippen LogP) is 15.6. The van der Waals surface area contributed by atoms with E-state index in [4.69, 9.17) is 0 Å². The molecule has 0 aliphatic heterocycles. The summed E-state index contributed by atoms with van der Waals surface area (Å²) >= 11 is 0. The SMILES string of the molecule is c1ccc(-c2cc(-c3cccc4ccccc34)ccc2N(c2ccccc2-c2cccc3ccccc23)c2cccc3c2c2ccccc2n3-c2ccccc2)cc1. The van der Waals surface area contributed by atoms with Gasteiger partial charge in [-0.2, -0.15) is 0 Å². The molecule has 0 saturated heterocycles. The summed E-state index contributed by atoms with van der Waals surface area (Å²) < 4.78 is 2.41. The lowest BCUT2D eigenvalue weighted by Crippen LogP contribution is -2.13. The fourth-order valence-electron chi connectivity index (χ4n) is 9.01. The molecule has 11 rings (SSSR count). The van der Waals surface area contributed by atoms with Crippen LogP contribution in [0, 0.1) is 0 Å². The molecule has 272 valence electrons. The van der Waals surface area contributed by atoms with E-state index in [0.29, 0.717) is 0 Å². The van der Waals surface area contributed by atoms with E-state index in [-0.39, 0.29) is 0 Å². The van der Waals surface area contributed by atoms with E-state index < -0.39 is 0 Å². The van der Waals surface area contributed by atoms with Gasteiger partial charge in [0, 0.05) is 27.6 Å². The Morgan fingerprint density at radius 2 is 0.810 bits per heavy atom. The Balaban J connectivity index is 1.26. The first-order chi connectivity index (χ1) is 28.8. The summed E-state index contributed by atoms with van der Waals surface area (Å²) in [5, 5.41) is 7.33. The highest BCUT2D eigenvalue weighted by Gasteiger charge is 2.26. The van der Waals surface area contributed by atoms with Gasteiger partial charge in [-0.05, 0) is 92.3 Å². The number of hydrogen-bond acceptors (Lipinski definition) is 1. The lowest BCUT2D eigenvalue weighted by molar-refractivity contribution is 1.18. The summed E-state index contributed by atoms with van der Waals surface area (Å²) in [6, 6.07) is 83.9. The molecular weight excluding hydrogens is 701 g/mol. The Labute approximate surface area is 338 Å². The third-order valence-electron chi connectivity index (χ3n) is 11.6. The van der Waals surface area contributed by atoms with Crippen LogP contribution in [0.4, 0.5) is 17.1 Å². The summed E-state index contributed by atoms with van der Waals surface area (Å²) in [5.41, 5.74) is 13.9. The highest BCUT2D eigenvalue weighted by Crippen LogP contribution is 2.50. The number of fused-ring (bicyclic) bond motifs is 5. The molecule has 2 heteroatoms. The highest BCUT2D eigenvalue weighted by atomic mass is 15.2. The quantitative estimate of drug-likeness (QED) is 0.158. The third kappa shape index (κ3) is 5.57. The molecule has 0 aliphatic rings. The standard InChI is InChI=1S/C56H38N2/c1-3-18-41(19-4-1)50-38-42(46-30-15-22-39-20-7-9-26-44(39)46)36-37-53(50)58(51-32-13-11-28-48(51)47-31-16-23-40-21-8-10-27-45(40)47)55-35-17-34-54-56(55)49-29-12-14-33-52(49)57(54)43-24-5-2-6-25-43/h1-38H. The van der Waals surface area contributed by atoms with Gasteiger partial charge in [0.25, 0.3) is 0 Å². The number of para-hydroxylation sites is 3. The largest absolute Gasteiger partial charge is 0.309 e. The zero-order valence-corrected chi connectivity index (χ0v) is 31.8. The van der Waals surface area contributed by atoms with E-state index in [1.54, 1.807) is 0 Å². The summed E-state index contributed by atoms with van der Waals surface area (Å²) in [6.45, 7) is 0. The summed E-state index contributed by atoms with van der Waals surface area (Å²) in [6.07, 6.45) is 0. The first-order valence-corrected chi connectivity index (χ1v) is 19.9. The van der Waals surface area contributed by atoms with Gasteiger partial charge in [0.15, 0.2) is 0 Å². The number of nitrogens with zero attached hydrogens (tertiary/aromatic N) is 2. The first kappa shape index (κ1) is 33.6. The Morgan fingerprint density at radius 3 is 1.59 bits per heavy atom. The van der Waals surface area contributed by atoms with Crippen molar-refractivity contribution in [2.45, 2.75) is 0 Å². The van der Waals surface area contributed by atoms with Crippen LogP contribution >= 0.6 is 0 Å². The third-order valence-corrected chi connectivity index (χ3v) is 11.6. The van der Waals surface area contributed by atoms with Gasteiger partial charge in [0.1, 0.15) is 0 Å². The summed E-state index contributed by atoms with van der Waals surface area (Å²) in [7, 11) is 0. The molecule has 58 heavy (non-hydrogen) atoms. The lowest BCUT2D eigenvalue weighted by Gasteiger charge is -2.31. The minimum atomic E-state index is 1.10. The normalized spacial score (nSPS) is 11.4. The van der Waals surface area contributed by atoms with E-state index in [0.717, 1.165) is 39.4 Å². The molecule has 0 fully saturated rings. The van der Waals surface area contributed by atoms with E-state index >= 15 is 0 Å². The first-order valence-electron chi connectivity index (χ1n) is 19.9. The second-order valence-electron chi connectivity index (χ2n) is 14.9. The molecule has 0 N–H and O–H groups in total. The van der Waals surface area contributed by atoms with Crippen molar-refractivity contribution in [3.05, 3.63) is 231 Å². The number of hydrogen-bond donors (Lipinski definition) is 0. The van der Waals surface area contributed by atoms with Crippen molar-refractivity contribution in [1.29, 1.82) is 0 Å². The lowest BCUT2D eigenvalue weighted by atomic mass is 9.92. The molecule has 0 aliphatic carbocycles. The highest BCUT2D eigenvalue weighted by molar-refractivity contribution is 6.18. The van der Waals surface area contributed by atoms with Gasteiger partial charge >= 0.3 is 0 Å². The molecule has 0 bridgehead atoms. The Kier molecular flexibility index (Phi) is 8.19. The number of anilines is 3. The monoisotopic (exact) mass is 738 g/mol. The second-order valence-corrected chi connectivity index (χ2v) is 14.9. The fourth-order valence-corrected chi connectivity index (χ4v) is 9.01. The van der Waals surface area contributed by atoms with Gasteiger partial charge in [-0.15, -0.1) is 0 Å². The van der Waals surface area contributed by atoms with Crippen LogP contribution < -0.4 is 4.90 Å². The number of aromatic nitrogens is 1. The van der Waals surface area contributed by atoms with Crippen LogP contribution in [0.25, 0.3) is 82.4 Å². The fraction of sp³-hybridized carbons (Fsp3) is 0. The Morgan fingerprint density at radius 1 is 0.293 bits per heavy atom. The van der Waals surface area contributed by atoms with Crippen molar-refractivity contribution in [1.82, 2.24) is 4.57 Å². The molecule has 10 aromatic carbocycles. The van der Waals surface area contributed by atoms with E-state index in [9.17, 15) is 0 Å². The second kappa shape index (κ2) is 14.1. The van der Waals surface area contributed by atoms with Crippen LogP contribution in [0.1, 0.15) is 0 Å². The zero-order chi connectivity index (χ0) is 38.4. The topological polar surface area (TPSA) is 8.17 Å². The van der Waals surface area contributed by atoms with Crippen molar-refractivity contribution in [2.75, 3.05) is 4.90 Å². The number of rotatable bonds is 7. The molecule has 0 amide bonds. The minimum absolute atomic E-state index is 1.10. The molecule has 11 aromatic rings. The van der Waals surface area contributed by atoms with Crippen molar-refractivity contribution in [3.8, 4) is 39.1 Å². The summed E-state index contributed by atoms with van der Waals surface area (Å²) in [4.78, 5) is 2.52. The van der Waals surface area contributed by atoms with E-state index in [1.165, 1.54) is 60.1 Å². The molecular formula is C56H38N2. The molecule has 2 nitrogen and oxygen atoms in total. The molecule has 0 spiro atoms. The van der Waals surface area contributed by atoms with Crippen LogP contribution in [-0.4, -0.2) is 4.57 Å². The Hall–Kier alpha value is -7.68. The van der Waals surface area contributed by atoms with Gasteiger partial charge < -0.3 is 9.47 Å². The average molecular weight is 739 g/mol. The molecule has 1 heterocycles. The maximum Gasteiger partial charge on any atom is 0.0562 e. The summed E-state index contributed by atoms with van der Waals surface area (Å²) in [5.74, 6) is 0. The zero-order valence-electron chi connectivity index (χ0n) is 31.8. The van der Waals surface area contributed by atoms with E-state index in [1.807, 2.05) is 0 Å². The predicted molar refractivity (Wildman–Crippen MR) is 247 cm³/mol. The van der Waals surface area contributed by atoms with Crippen molar-refractivity contribution in [2.24, 2.45) is 0 Å². The van der Waals surface area contributed by atoms with Crippen LogP contribution in [-0.2, 0) is 0 Å². The van der Waals surface area contributed by atoms with Crippen LogP contribution in [0.5, 0.6) is 0 Å². The molecule has 0 unspecified atom stereocenters. The van der Waals surface area contributed by atoms with Gasteiger partial charge in [-0.1, -0.05) is 182 Å². The van der Waals surface area contributed by atoms with Crippen LogP contribution in [0.15, 0.2) is 231 Å². The average Bonchev–Trinajstić information content (AvgIpc) is 3.65. The van der Waals surface area contributed by atoms with Crippen molar-refractivity contribution < 1.29 is 0 Å². The number of benzene rings is 10. The van der Waals surface area contributed by atoms with Crippen LogP contribution in [0.2, 0.25) is 0 Å². The maximum atomic E-state index is 2.52. The molecule has 0 saturated carbocycles.